The van der Waals surface area contributed by atoms with Gasteiger partial charge in [0.25, 0.3) is 5.91 Å². The molecular weight excluding hydrogens is 412 g/mol. The third-order valence-electron chi connectivity index (χ3n) is 5.99. The number of carbonyl (C=O) groups is 1. The van der Waals surface area contributed by atoms with Crippen molar-refractivity contribution in [3.8, 4) is 0 Å². The summed E-state index contributed by atoms with van der Waals surface area (Å²) in [6.07, 6.45) is 5.69. The average Bonchev–Trinajstić information content (AvgIpc) is 2.78. The van der Waals surface area contributed by atoms with Gasteiger partial charge in [0.2, 0.25) is 0 Å². The Bertz CT molecular complexity index is 996. The molecule has 0 atom stereocenters. The van der Waals surface area contributed by atoms with Crippen molar-refractivity contribution in [3.63, 3.8) is 0 Å². The van der Waals surface area contributed by atoms with Gasteiger partial charge in [0.1, 0.15) is 17.5 Å². The Kier molecular flexibility index (Phi) is 7.45. The molecule has 0 spiro atoms. The van der Waals surface area contributed by atoms with Crippen LogP contribution in [0, 0.1) is 11.6 Å². The molecule has 2 aromatic carbocycles. The lowest BCUT2D eigenvalue weighted by molar-refractivity contribution is -0.114. The van der Waals surface area contributed by atoms with Crippen molar-refractivity contribution >= 4 is 23.1 Å². The first-order valence-electron chi connectivity index (χ1n) is 10.7. The van der Waals surface area contributed by atoms with Crippen LogP contribution in [-0.2, 0) is 4.79 Å². The molecule has 0 unspecified atom stereocenters. The molecule has 1 aliphatic carbocycles. The summed E-state index contributed by atoms with van der Waals surface area (Å²) in [5, 5.41) is 6.64. The van der Waals surface area contributed by atoms with Crippen LogP contribution in [-0.4, -0.2) is 23.3 Å². The maximum atomic E-state index is 13.9. The molecular formula is C24H29F2N5O. The van der Waals surface area contributed by atoms with Crippen LogP contribution >= 0.6 is 0 Å². The van der Waals surface area contributed by atoms with Crippen LogP contribution in [0.4, 0.5) is 20.2 Å². The zero-order valence-electron chi connectivity index (χ0n) is 18.1. The first-order chi connectivity index (χ1) is 15.3. The van der Waals surface area contributed by atoms with E-state index in [9.17, 15) is 13.6 Å². The van der Waals surface area contributed by atoms with Crippen LogP contribution in [0.2, 0.25) is 0 Å². The molecule has 0 bridgehead atoms. The van der Waals surface area contributed by atoms with Crippen molar-refractivity contribution in [2.24, 2.45) is 16.5 Å². The highest BCUT2D eigenvalue weighted by atomic mass is 19.1. The van der Waals surface area contributed by atoms with Crippen molar-refractivity contribution in [3.05, 3.63) is 71.9 Å². The van der Waals surface area contributed by atoms with Gasteiger partial charge in [-0.25, -0.2) is 13.8 Å². The minimum Gasteiger partial charge on any atom is -0.385 e. The second-order valence-corrected chi connectivity index (χ2v) is 8.07. The Labute approximate surface area is 186 Å². The topological polar surface area (TPSA) is 106 Å². The number of nitrogens with two attached hydrogens (primary N) is 2. The van der Waals surface area contributed by atoms with Gasteiger partial charge in [-0.05, 0) is 68.5 Å². The third-order valence-corrected chi connectivity index (χ3v) is 5.99. The maximum Gasteiger partial charge on any atom is 0.253 e. The van der Waals surface area contributed by atoms with E-state index in [2.05, 4.69) is 22.5 Å². The molecule has 0 heterocycles. The third kappa shape index (κ3) is 5.84. The van der Waals surface area contributed by atoms with Gasteiger partial charge in [-0.3, -0.25) is 4.79 Å². The monoisotopic (exact) mass is 441 g/mol. The predicted octanol–water partition coefficient (Wildman–Crippen LogP) is 4.12. The largest absolute Gasteiger partial charge is 0.385 e. The number of hydrogen-bond acceptors (Lipinski definition) is 4. The Morgan fingerprint density at radius 2 is 1.78 bits per heavy atom. The number of amides is 1. The van der Waals surface area contributed by atoms with Crippen LogP contribution in [0.3, 0.4) is 0 Å². The summed E-state index contributed by atoms with van der Waals surface area (Å²) in [6, 6.07) is 12.3. The first kappa shape index (κ1) is 23.2. The SMILES string of the molecule is CCC1(N/C=C(/C(N)=O)C(N)=Nc2ccc(F)cc2)CCC(Nc2ccccc2F)CC1. The van der Waals surface area contributed by atoms with E-state index >= 15 is 0 Å². The van der Waals surface area contributed by atoms with Gasteiger partial charge in [-0.15, -0.1) is 0 Å². The van der Waals surface area contributed by atoms with Crippen LogP contribution in [0.1, 0.15) is 39.0 Å². The summed E-state index contributed by atoms with van der Waals surface area (Å²) in [7, 11) is 0. The molecule has 1 aliphatic rings. The van der Waals surface area contributed by atoms with Gasteiger partial charge in [0, 0.05) is 17.8 Å². The van der Waals surface area contributed by atoms with Crippen LogP contribution in [0.15, 0.2) is 65.3 Å². The van der Waals surface area contributed by atoms with Gasteiger partial charge in [0.05, 0.1) is 16.9 Å². The molecule has 2 aromatic rings. The minimum atomic E-state index is -0.706. The highest BCUT2D eigenvalue weighted by Crippen LogP contribution is 2.33. The number of benzene rings is 2. The fourth-order valence-electron chi connectivity index (χ4n) is 3.92. The summed E-state index contributed by atoms with van der Waals surface area (Å²) < 4.78 is 27.0. The van der Waals surface area contributed by atoms with Crippen molar-refractivity contribution in [1.82, 2.24) is 5.32 Å². The molecule has 0 aliphatic heterocycles. The van der Waals surface area contributed by atoms with Crippen molar-refractivity contribution in [2.45, 2.75) is 50.6 Å². The Hall–Kier alpha value is -3.42. The molecule has 6 nitrogen and oxygen atoms in total. The Morgan fingerprint density at radius 3 is 2.38 bits per heavy atom. The summed E-state index contributed by atoms with van der Waals surface area (Å²) >= 11 is 0. The molecule has 170 valence electrons. The molecule has 3 rings (SSSR count). The molecule has 8 heteroatoms. The van der Waals surface area contributed by atoms with E-state index in [-0.39, 0.29) is 34.6 Å². The number of amidine groups is 1. The van der Waals surface area contributed by atoms with Gasteiger partial charge >= 0.3 is 0 Å². The smallest absolute Gasteiger partial charge is 0.253 e. The fourth-order valence-corrected chi connectivity index (χ4v) is 3.92. The summed E-state index contributed by atoms with van der Waals surface area (Å²) in [5.74, 6) is -1.40. The lowest BCUT2D eigenvalue weighted by Crippen LogP contribution is -2.47. The Balaban J connectivity index is 1.68. The fraction of sp³-hybridized carbons (Fsp3) is 0.333. The van der Waals surface area contributed by atoms with Crippen molar-refractivity contribution in [1.29, 1.82) is 0 Å². The molecule has 0 saturated heterocycles. The summed E-state index contributed by atoms with van der Waals surface area (Å²) in [6.45, 7) is 2.07. The second kappa shape index (κ2) is 10.3. The predicted molar refractivity (Wildman–Crippen MR) is 123 cm³/mol. The van der Waals surface area contributed by atoms with E-state index in [1.807, 2.05) is 0 Å². The number of aliphatic imine (C=N–C) groups is 1. The highest BCUT2D eigenvalue weighted by molar-refractivity contribution is 6.20. The number of para-hydroxylation sites is 1. The summed E-state index contributed by atoms with van der Waals surface area (Å²) in [5.41, 5.74) is 12.3. The second-order valence-electron chi connectivity index (χ2n) is 8.07. The molecule has 0 aromatic heterocycles. The number of hydrogen-bond donors (Lipinski definition) is 4. The van der Waals surface area contributed by atoms with E-state index in [0.29, 0.717) is 11.4 Å². The minimum absolute atomic E-state index is 0.0437. The van der Waals surface area contributed by atoms with Crippen molar-refractivity contribution in [2.75, 3.05) is 5.32 Å². The van der Waals surface area contributed by atoms with Gasteiger partial charge in [0.15, 0.2) is 0 Å². The molecule has 6 N–H and O–H groups in total. The molecule has 0 radical (unpaired) electrons. The molecule has 1 fully saturated rings. The number of rotatable bonds is 8. The Morgan fingerprint density at radius 1 is 1.12 bits per heavy atom. The van der Waals surface area contributed by atoms with Gasteiger partial charge < -0.3 is 22.1 Å². The lowest BCUT2D eigenvalue weighted by atomic mass is 9.77. The van der Waals surface area contributed by atoms with E-state index in [1.165, 1.54) is 36.5 Å². The number of anilines is 1. The van der Waals surface area contributed by atoms with Gasteiger partial charge in [-0.2, -0.15) is 0 Å². The molecule has 1 amide bonds. The number of primary amides is 1. The van der Waals surface area contributed by atoms with Crippen LogP contribution in [0.25, 0.3) is 0 Å². The highest BCUT2D eigenvalue weighted by Gasteiger charge is 2.33. The number of carbonyl (C=O) groups excluding carboxylic acids is 1. The number of nitrogens with zero attached hydrogens (tertiary/aromatic N) is 1. The first-order valence-corrected chi connectivity index (χ1v) is 10.7. The van der Waals surface area contributed by atoms with E-state index in [0.717, 1.165) is 32.1 Å². The average molecular weight is 442 g/mol. The van der Waals surface area contributed by atoms with Crippen LogP contribution in [0.5, 0.6) is 0 Å². The van der Waals surface area contributed by atoms with Crippen LogP contribution < -0.4 is 22.1 Å². The molecule has 32 heavy (non-hydrogen) atoms. The summed E-state index contributed by atoms with van der Waals surface area (Å²) in [4.78, 5) is 16.2. The number of halogens is 2. The normalized spacial score (nSPS) is 21.8. The quantitative estimate of drug-likeness (QED) is 0.281. The lowest BCUT2D eigenvalue weighted by Gasteiger charge is -2.40. The van der Waals surface area contributed by atoms with Gasteiger partial charge in [-0.1, -0.05) is 19.1 Å². The standard InChI is InChI=1S/C24H29F2N5O/c1-2-24(13-11-18(12-14-24)30-21-6-4-3-5-20(21)26)29-15-19(23(28)32)22(27)31-17-9-7-16(25)8-10-17/h3-10,15,18,29-30H,2,11-14H2,1H3,(H2,27,31)(H2,28,32)/b19-15+. The maximum absolute atomic E-state index is 13.9. The number of nitrogens with one attached hydrogen (secondary N) is 2. The van der Waals surface area contributed by atoms with Crippen molar-refractivity contribution < 1.29 is 13.6 Å². The molecule has 1 saturated carbocycles. The van der Waals surface area contributed by atoms with E-state index < -0.39 is 5.91 Å². The van der Waals surface area contributed by atoms with E-state index in [1.54, 1.807) is 18.2 Å². The van der Waals surface area contributed by atoms with E-state index in [4.69, 9.17) is 11.5 Å². The zero-order chi connectivity index (χ0) is 23.1. The zero-order valence-corrected chi connectivity index (χ0v) is 18.1.